The van der Waals surface area contributed by atoms with Crippen LogP contribution in [0.1, 0.15) is 29.5 Å². The second-order valence-electron chi connectivity index (χ2n) is 8.41. The minimum absolute atomic E-state index is 0.0569. The van der Waals surface area contributed by atoms with Gasteiger partial charge in [-0.15, -0.1) is 0 Å². The van der Waals surface area contributed by atoms with E-state index in [1.165, 1.54) is 0 Å². The Morgan fingerprint density at radius 1 is 1.03 bits per heavy atom. The Kier molecular flexibility index (Phi) is 7.65. The lowest BCUT2D eigenvalue weighted by molar-refractivity contribution is -0.138. The van der Waals surface area contributed by atoms with E-state index in [9.17, 15) is 13.2 Å². The van der Waals surface area contributed by atoms with Crippen LogP contribution >= 0.6 is 23.2 Å². The van der Waals surface area contributed by atoms with E-state index in [0.29, 0.717) is 23.0 Å². The van der Waals surface area contributed by atoms with Crippen molar-refractivity contribution in [2.75, 3.05) is 24.5 Å². The number of alkyl halides is 3. The smallest absolute Gasteiger partial charge is 0.337 e. The van der Waals surface area contributed by atoms with Crippen LogP contribution in [0.15, 0.2) is 60.9 Å². The molecule has 1 N–H and O–H groups in total. The molecule has 0 bridgehead atoms. The molecule has 180 valence electrons. The highest BCUT2D eigenvalue weighted by molar-refractivity contribution is 6.42. The molecule has 0 radical (unpaired) electrons. The van der Waals surface area contributed by atoms with Crippen LogP contribution in [0.25, 0.3) is 0 Å². The van der Waals surface area contributed by atoms with E-state index in [2.05, 4.69) is 27.4 Å². The van der Waals surface area contributed by atoms with Gasteiger partial charge in [-0.3, -0.25) is 0 Å². The molecule has 34 heavy (non-hydrogen) atoms. The predicted molar refractivity (Wildman–Crippen MR) is 130 cm³/mol. The van der Waals surface area contributed by atoms with Crippen LogP contribution in [0.3, 0.4) is 0 Å². The second-order valence-corrected chi connectivity index (χ2v) is 9.23. The van der Waals surface area contributed by atoms with Gasteiger partial charge < -0.3 is 10.2 Å². The molecule has 0 amide bonds. The highest BCUT2D eigenvalue weighted by Gasteiger charge is 2.39. The fraction of sp³-hybridized carbons (Fsp3) is 0.360. The molecule has 1 aliphatic rings. The molecule has 1 aromatic heterocycles. The average molecular weight is 509 g/mol. The van der Waals surface area contributed by atoms with Gasteiger partial charge in [-0.2, -0.15) is 13.2 Å². The molecule has 1 unspecified atom stereocenters. The third-order valence-electron chi connectivity index (χ3n) is 6.38. The van der Waals surface area contributed by atoms with Gasteiger partial charge in [0.05, 0.1) is 15.6 Å². The SMILES string of the molecule is CCN(c1ncc(C(F)(F)F)cn1)C(Cc1ccccc1)[C@H]1CNC[C@@H]1c1ccc(Cl)c(Cl)c1. The first-order valence-corrected chi connectivity index (χ1v) is 11.9. The zero-order valence-corrected chi connectivity index (χ0v) is 20.1. The van der Waals surface area contributed by atoms with E-state index in [4.69, 9.17) is 23.2 Å². The number of nitrogens with zero attached hydrogens (tertiary/aromatic N) is 3. The molecule has 2 heterocycles. The van der Waals surface area contributed by atoms with Crippen molar-refractivity contribution >= 4 is 29.2 Å². The zero-order valence-electron chi connectivity index (χ0n) is 18.6. The van der Waals surface area contributed by atoms with Crippen molar-refractivity contribution in [3.05, 3.63) is 87.7 Å². The van der Waals surface area contributed by atoms with Gasteiger partial charge in [0.1, 0.15) is 0 Å². The van der Waals surface area contributed by atoms with Crippen LogP contribution in [0.4, 0.5) is 19.1 Å². The standard InChI is InChI=1S/C25H25Cl2F3N4/c1-2-34(24-32-12-18(13-33-24)25(28,29)30)23(10-16-6-4-3-5-7-16)20-15-31-14-19(20)17-8-9-21(26)22(27)11-17/h3-9,11-13,19-20,23,31H,2,10,14-15H2,1H3/t19-,20+,23?/m1/s1. The summed E-state index contributed by atoms with van der Waals surface area (Å²) >= 11 is 12.5. The summed E-state index contributed by atoms with van der Waals surface area (Å²) in [5.41, 5.74) is 1.35. The first kappa shape index (κ1) is 24.8. The Morgan fingerprint density at radius 3 is 2.35 bits per heavy atom. The van der Waals surface area contributed by atoms with Gasteiger partial charge in [-0.25, -0.2) is 9.97 Å². The summed E-state index contributed by atoms with van der Waals surface area (Å²) in [7, 11) is 0. The van der Waals surface area contributed by atoms with Crippen molar-refractivity contribution in [1.82, 2.24) is 15.3 Å². The molecule has 1 aliphatic heterocycles. The number of hydrogen-bond donors (Lipinski definition) is 1. The second kappa shape index (κ2) is 10.5. The molecule has 9 heteroatoms. The molecular weight excluding hydrogens is 484 g/mol. The predicted octanol–water partition coefficient (Wildman–Crippen LogP) is 6.24. The van der Waals surface area contributed by atoms with E-state index >= 15 is 0 Å². The molecule has 3 atom stereocenters. The lowest BCUT2D eigenvalue weighted by Crippen LogP contribution is -2.45. The number of anilines is 1. The maximum atomic E-state index is 13.1. The summed E-state index contributed by atoms with van der Waals surface area (Å²) in [4.78, 5) is 10.2. The summed E-state index contributed by atoms with van der Waals surface area (Å²) in [5, 5.41) is 4.49. The first-order chi connectivity index (χ1) is 16.3. The van der Waals surface area contributed by atoms with Crippen LogP contribution in [0, 0.1) is 5.92 Å². The van der Waals surface area contributed by atoms with Crippen LogP contribution in [-0.2, 0) is 12.6 Å². The molecule has 1 fully saturated rings. The molecule has 1 saturated heterocycles. The Morgan fingerprint density at radius 2 is 1.74 bits per heavy atom. The first-order valence-electron chi connectivity index (χ1n) is 11.1. The number of hydrogen-bond acceptors (Lipinski definition) is 4. The van der Waals surface area contributed by atoms with Crippen LogP contribution < -0.4 is 10.2 Å². The molecule has 0 spiro atoms. The highest BCUT2D eigenvalue weighted by Crippen LogP contribution is 2.37. The number of nitrogens with one attached hydrogen (secondary N) is 1. The summed E-state index contributed by atoms with van der Waals surface area (Å²) in [5.74, 6) is 0.575. The van der Waals surface area contributed by atoms with E-state index in [0.717, 1.165) is 36.6 Å². The number of halogens is 5. The van der Waals surface area contributed by atoms with E-state index in [1.807, 2.05) is 42.2 Å². The Bertz CT molecular complexity index is 1090. The van der Waals surface area contributed by atoms with Crippen LogP contribution in [-0.4, -0.2) is 35.6 Å². The molecule has 3 aromatic rings. The van der Waals surface area contributed by atoms with Gasteiger partial charge in [-0.05, 0) is 36.6 Å². The molecule has 0 aliphatic carbocycles. The van der Waals surface area contributed by atoms with Crippen molar-refractivity contribution in [3.8, 4) is 0 Å². The topological polar surface area (TPSA) is 41.1 Å². The van der Waals surface area contributed by atoms with E-state index in [-0.39, 0.29) is 23.8 Å². The number of likely N-dealkylation sites (N-methyl/N-ethyl adjacent to an activating group) is 1. The molecule has 4 nitrogen and oxygen atoms in total. The highest BCUT2D eigenvalue weighted by atomic mass is 35.5. The van der Waals surface area contributed by atoms with Gasteiger partial charge in [0, 0.05) is 49.9 Å². The molecule has 2 aromatic carbocycles. The van der Waals surface area contributed by atoms with Crippen LogP contribution in [0.2, 0.25) is 10.0 Å². The fourth-order valence-corrected chi connectivity index (χ4v) is 5.01. The Labute approximate surface area is 207 Å². The lowest BCUT2D eigenvalue weighted by Gasteiger charge is -2.37. The fourth-order valence-electron chi connectivity index (χ4n) is 4.70. The summed E-state index contributed by atoms with van der Waals surface area (Å²) in [6.07, 6.45) is -2.07. The number of aromatic nitrogens is 2. The maximum absolute atomic E-state index is 13.1. The summed E-state index contributed by atoms with van der Waals surface area (Å²) < 4.78 is 39.2. The van der Waals surface area contributed by atoms with Gasteiger partial charge in [0.25, 0.3) is 0 Å². The monoisotopic (exact) mass is 508 g/mol. The molecule has 4 rings (SSSR count). The number of rotatable bonds is 7. The Balaban J connectivity index is 1.71. The third-order valence-corrected chi connectivity index (χ3v) is 7.12. The summed E-state index contributed by atoms with van der Waals surface area (Å²) in [6, 6.07) is 15.7. The van der Waals surface area contributed by atoms with Gasteiger partial charge >= 0.3 is 6.18 Å². The largest absolute Gasteiger partial charge is 0.419 e. The lowest BCUT2D eigenvalue weighted by atomic mass is 9.81. The van der Waals surface area contributed by atoms with E-state index < -0.39 is 11.7 Å². The Hall–Kier alpha value is -2.35. The summed E-state index contributed by atoms with van der Waals surface area (Å²) in [6.45, 7) is 4.03. The van der Waals surface area contributed by atoms with Crippen molar-refractivity contribution in [3.63, 3.8) is 0 Å². The van der Waals surface area contributed by atoms with Gasteiger partial charge in [0.2, 0.25) is 5.95 Å². The van der Waals surface area contributed by atoms with Crippen molar-refractivity contribution in [2.45, 2.75) is 31.5 Å². The maximum Gasteiger partial charge on any atom is 0.419 e. The number of benzene rings is 2. The van der Waals surface area contributed by atoms with Crippen molar-refractivity contribution in [2.24, 2.45) is 5.92 Å². The molecule has 0 saturated carbocycles. The quantitative estimate of drug-likeness (QED) is 0.409. The third kappa shape index (κ3) is 5.48. The van der Waals surface area contributed by atoms with Crippen molar-refractivity contribution in [1.29, 1.82) is 0 Å². The minimum Gasteiger partial charge on any atom is -0.337 e. The van der Waals surface area contributed by atoms with E-state index in [1.54, 1.807) is 6.07 Å². The minimum atomic E-state index is -4.48. The van der Waals surface area contributed by atoms with Crippen LogP contribution in [0.5, 0.6) is 0 Å². The van der Waals surface area contributed by atoms with Gasteiger partial charge in [0.15, 0.2) is 0 Å². The average Bonchev–Trinajstić information content (AvgIpc) is 3.31. The van der Waals surface area contributed by atoms with Gasteiger partial charge in [-0.1, -0.05) is 59.6 Å². The van der Waals surface area contributed by atoms with Crippen molar-refractivity contribution < 1.29 is 13.2 Å². The normalized spacial score (nSPS) is 19.2. The zero-order chi connectivity index (χ0) is 24.3. The molecular formula is C25H25Cl2F3N4.